The molecule has 1 fully saturated rings. The number of hydrogen-bond acceptors (Lipinski definition) is 2. The number of aryl methyl sites for hydroxylation is 1. The van der Waals surface area contributed by atoms with Crippen molar-refractivity contribution in [2.45, 2.75) is 56.9 Å². The summed E-state index contributed by atoms with van der Waals surface area (Å²) in [4.78, 5) is 0.386. The fourth-order valence-electron chi connectivity index (χ4n) is 3.99. The third kappa shape index (κ3) is 5.33. The minimum atomic E-state index is -3.49. The molecule has 1 unspecified atom stereocenters. The predicted octanol–water partition coefficient (Wildman–Crippen LogP) is 5.45. The second-order valence-electron chi connectivity index (χ2n) is 8.42. The molecule has 3 rings (SSSR count). The van der Waals surface area contributed by atoms with Crippen LogP contribution in [0.25, 0.3) is 0 Å². The highest BCUT2D eigenvalue weighted by atomic mass is 32.2. The third-order valence-electron chi connectivity index (χ3n) is 5.51. The average molecular weight is 398 g/mol. The number of nitrogens with zero attached hydrogens (tertiary/aromatic N) is 1. The first-order valence-corrected chi connectivity index (χ1v) is 11.6. The van der Waals surface area contributed by atoms with Gasteiger partial charge in [0.25, 0.3) is 0 Å². The van der Waals surface area contributed by atoms with Gasteiger partial charge in [-0.3, -0.25) is 0 Å². The number of rotatable bonds is 6. The monoisotopic (exact) mass is 397 g/mol. The van der Waals surface area contributed by atoms with Crippen LogP contribution in [0.3, 0.4) is 0 Å². The van der Waals surface area contributed by atoms with E-state index in [0.29, 0.717) is 11.4 Å². The van der Waals surface area contributed by atoms with Gasteiger partial charge in [0.05, 0.1) is 4.90 Å². The molecule has 0 radical (unpaired) electrons. The first kappa shape index (κ1) is 20.8. The first-order chi connectivity index (χ1) is 13.4. The average Bonchev–Trinajstić information content (AvgIpc) is 2.84. The van der Waals surface area contributed by atoms with E-state index in [1.165, 1.54) is 5.56 Å². The minimum absolute atomic E-state index is 0.0986. The quantitative estimate of drug-likeness (QED) is 0.608. The van der Waals surface area contributed by atoms with Gasteiger partial charge in [0.2, 0.25) is 10.0 Å². The van der Waals surface area contributed by atoms with Crippen molar-refractivity contribution in [2.75, 3.05) is 6.54 Å². The van der Waals surface area contributed by atoms with Crippen LogP contribution in [0.4, 0.5) is 0 Å². The molecule has 1 aliphatic heterocycles. The van der Waals surface area contributed by atoms with Gasteiger partial charge >= 0.3 is 0 Å². The summed E-state index contributed by atoms with van der Waals surface area (Å²) in [6, 6.07) is 19.1. The summed E-state index contributed by atoms with van der Waals surface area (Å²) in [5.41, 5.74) is 1.44. The van der Waals surface area contributed by atoms with Crippen molar-refractivity contribution in [1.29, 1.82) is 0 Å². The Morgan fingerprint density at radius 1 is 1.04 bits per heavy atom. The molecule has 0 aliphatic carbocycles. The van der Waals surface area contributed by atoms with E-state index < -0.39 is 10.0 Å². The molecule has 0 bridgehead atoms. The summed E-state index contributed by atoms with van der Waals surface area (Å²) < 4.78 is 28.3. The molecular formula is C24H31NO2S. The summed E-state index contributed by atoms with van der Waals surface area (Å²) in [5.74, 6) is 0. The van der Waals surface area contributed by atoms with Crippen molar-refractivity contribution in [1.82, 2.24) is 4.31 Å². The molecule has 1 atom stereocenters. The fraction of sp³-hybridized carbons (Fsp3) is 0.417. The summed E-state index contributed by atoms with van der Waals surface area (Å²) >= 11 is 0. The van der Waals surface area contributed by atoms with E-state index in [9.17, 15) is 8.42 Å². The fourth-order valence-corrected chi connectivity index (χ4v) is 5.63. The Balaban J connectivity index is 1.79. The molecule has 2 aromatic carbocycles. The van der Waals surface area contributed by atoms with E-state index in [4.69, 9.17) is 0 Å². The van der Waals surface area contributed by atoms with Gasteiger partial charge < -0.3 is 0 Å². The van der Waals surface area contributed by atoms with Crippen molar-refractivity contribution in [2.24, 2.45) is 5.41 Å². The van der Waals surface area contributed by atoms with Gasteiger partial charge in [-0.05, 0) is 55.2 Å². The molecule has 28 heavy (non-hydrogen) atoms. The lowest BCUT2D eigenvalue weighted by atomic mass is 9.83. The minimum Gasteiger partial charge on any atom is -0.207 e. The summed E-state index contributed by atoms with van der Waals surface area (Å²) in [5, 5.41) is 0. The van der Waals surface area contributed by atoms with Gasteiger partial charge in [-0.1, -0.05) is 74.5 Å². The molecule has 0 N–H and O–H groups in total. The van der Waals surface area contributed by atoms with E-state index in [1.54, 1.807) is 28.6 Å². The van der Waals surface area contributed by atoms with Crippen LogP contribution in [0, 0.1) is 5.41 Å². The largest absolute Gasteiger partial charge is 0.243 e. The highest BCUT2D eigenvalue weighted by Gasteiger charge is 2.36. The SMILES string of the molecule is CC1(C)CCCN(S(=O)(=O)c2ccccc2)C(/C=C/CCc2ccccc2)C1. The molecular weight excluding hydrogens is 366 g/mol. The van der Waals surface area contributed by atoms with Crippen LogP contribution in [0.15, 0.2) is 77.7 Å². The van der Waals surface area contributed by atoms with Crippen LogP contribution in [-0.2, 0) is 16.4 Å². The number of allylic oxidation sites excluding steroid dienone is 1. The van der Waals surface area contributed by atoms with Gasteiger partial charge in [0.1, 0.15) is 0 Å². The lowest BCUT2D eigenvalue weighted by Crippen LogP contribution is -2.39. The Hall–Kier alpha value is -1.91. The van der Waals surface area contributed by atoms with Gasteiger partial charge in [-0.25, -0.2) is 8.42 Å². The molecule has 1 heterocycles. The van der Waals surface area contributed by atoms with Crippen molar-refractivity contribution in [3.63, 3.8) is 0 Å². The number of benzene rings is 2. The first-order valence-electron chi connectivity index (χ1n) is 10.2. The Kier molecular flexibility index (Phi) is 6.73. The number of sulfonamides is 1. The highest BCUT2D eigenvalue weighted by Crippen LogP contribution is 2.36. The maximum atomic E-state index is 13.3. The van der Waals surface area contributed by atoms with Crippen molar-refractivity contribution in [3.05, 3.63) is 78.4 Å². The van der Waals surface area contributed by atoms with E-state index in [1.807, 2.05) is 12.1 Å². The third-order valence-corrected chi connectivity index (χ3v) is 7.45. The zero-order valence-electron chi connectivity index (χ0n) is 16.9. The normalized spacial score (nSPS) is 20.9. The van der Waals surface area contributed by atoms with E-state index in [0.717, 1.165) is 32.1 Å². The summed E-state index contributed by atoms with van der Waals surface area (Å²) in [7, 11) is -3.49. The topological polar surface area (TPSA) is 37.4 Å². The van der Waals surface area contributed by atoms with Crippen LogP contribution >= 0.6 is 0 Å². The molecule has 1 aliphatic rings. The zero-order valence-corrected chi connectivity index (χ0v) is 17.7. The van der Waals surface area contributed by atoms with E-state index >= 15 is 0 Å². The van der Waals surface area contributed by atoms with Gasteiger partial charge in [-0.2, -0.15) is 4.31 Å². The predicted molar refractivity (Wildman–Crippen MR) is 116 cm³/mol. The summed E-state index contributed by atoms with van der Waals surface area (Å²) in [6.45, 7) is 5.07. The van der Waals surface area contributed by atoms with Gasteiger partial charge in [-0.15, -0.1) is 0 Å². The maximum absolute atomic E-state index is 13.3. The lowest BCUT2D eigenvalue weighted by Gasteiger charge is -2.30. The van der Waals surface area contributed by atoms with E-state index in [-0.39, 0.29) is 11.5 Å². The van der Waals surface area contributed by atoms with Gasteiger partial charge in [0, 0.05) is 12.6 Å². The Morgan fingerprint density at radius 3 is 2.36 bits per heavy atom. The van der Waals surface area contributed by atoms with Crippen molar-refractivity contribution in [3.8, 4) is 0 Å². The van der Waals surface area contributed by atoms with Crippen molar-refractivity contribution >= 4 is 10.0 Å². The van der Waals surface area contributed by atoms with Crippen LogP contribution in [0.1, 0.15) is 45.1 Å². The van der Waals surface area contributed by atoms with Crippen LogP contribution in [-0.4, -0.2) is 25.3 Å². The molecule has 3 nitrogen and oxygen atoms in total. The van der Waals surface area contributed by atoms with Crippen LogP contribution in [0.2, 0.25) is 0 Å². The Morgan fingerprint density at radius 2 is 1.68 bits per heavy atom. The second kappa shape index (κ2) is 9.06. The molecule has 0 spiro atoms. The Bertz CT molecular complexity index is 873. The summed E-state index contributed by atoms with van der Waals surface area (Å²) in [6.07, 6.45) is 8.96. The van der Waals surface area contributed by atoms with Crippen molar-refractivity contribution < 1.29 is 8.42 Å². The van der Waals surface area contributed by atoms with Crippen LogP contribution in [0.5, 0.6) is 0 Å². The van der Waals surface area contributed by atoms with E-state index in [2.05, 4.69) is 50.3 Å². The Labute approximate surface area is 170 Å². The molecule has 2 aromatic rings. The molecule has 0 saturated carbocycles. The maximum Gasteiger partial charge on any atom is 0.243 e. The standard InChI is InChI=1S/C24H31NO2S/c1-24(2)18-11-19-25(28(26,27)23-16-7-4-8-17-23)22(20-24)15-10-9-14-21-12-5-3-6-13-21/h3-8,10,12-13,15-17,22H,9,11,14,18-20H2,1-2H3/b15-10+. The molecule has 4 heteroatoms. The molecule has 1 saturated heterocycles. The number of hydrogen-bond donors (Lipinski definition) is 0. The second-order valence-corrected chi connectivity index (χ2v) is 10.3. The molecule has 0 amide bonds. The highest BCUT2D eigenvalue weighted by molar-refractivity contribution is 7.89. The van der Waals surface area contributed by atoms with Crippen LogP contribution < -0.4 is 0 Å². The lowest BCUT2D eigenvalue weighted by molar-refractivity contribution is 0.282. The van der Waals surface area contributed by atoms with Gasteiger partial charge in [0.15, 0.2) is 0 Å². The molecule has 150 valence electrons. The molecule has 0 aromatic heterocycles. The zero-order chi connectivity index (χ0) is 20.0. The smallest absolute Gasteiger partial charge is 0.207 e.